The van der Waals surface area contributed by atoms with Gasteiger partial charge in [0.05, 0.1) is 18.2 Å². The van der Waals surface area contributed by atoms with Gasteiger partial charge >= 0.3 is 0 Å². The van der Waals surface area contributed by atoms with Crippen LogP contribution in [0.4, 0.5) is 0 Å². The van der Waals surface area contributed by atoms with Crippen LogP contribution in [0.1, 0.15) is 49.2 Å². The maximum absolute atomic E-state index is 11.9. The number of hydrogen-bond acceptors (Lipinski definition) is 3. The molecule has 0 saturated carbocycles. The van der Waals surface area contributed by atoms with E-state index in [1.165, 1.54) is 0 Å². The normalized spacial score (nSPS) is 16.9. The number of benzene rings is 1. The Bertz CT molecular complexity index is 477. The maximum Gasteiger partial charge on any atom is 0.255 e. The van der Waals surface area contributed by atoms with Gasteiger partial charge in [-0.1, -0.05) is 26.8 Å². The Morgan fingerprint density at radius 2 is 2.16 bits per heavy atom. The lowest BCUT2D eigenvalue weighted by molar-refractivity contribution is 0.0956. The number of ether oxygens (including phenoxy) is 1. The molecule has 0 spiro atoms. The zero-order chi connectivity index (χ0) is 14.0. The van der Waals surface area contributed by atoms with Gasteiger partial charge in [-0.25, -0.2) is 0 Å². The Kier molecular flexibility index (Phi) is 3.80. The van der Waals surface area contributed by atoms with Gasteiger partial charge in [0.25, 0.3) is 5.91 Å². The molecule has 4 nitrogen and oxygen atoms in total. The van der Waals surface area contributed by atoms with E-state index < -0.39 is 6.10 Å². The van der Waals surface area contributed by atoms with Crippen LogP contribution in [-0.2, 0) is 0 Å². The number of nitrogens with one attached hydrogen (secondary N) is 1. The molecule has 4 heteroatoms. The number of aliphatic hydroxyl groups is 1. The zero-order valence-corrected chi connectivity index (χ0v) is 11.7. The number of amides is 1. The highest BCUT2D eigenvalue weighted by Gasteiger charge is 2.22. The first-order chi connectivity index (χ1) is 8.87. The van der Waals surface area contributed by atoms with E-state index in [1.54, 1.807) is 12.1 Å². The van der Waals surface area contributed by atoms with Gasteiger partial charge in [-0.15, -0.1) is 0 Å². The van der Waals surface area contributed by atoms with E-state index in [0.717, 1.165) is 5.56 Å². The Labute approximate surface area is 113 Å². The fourth-order valence-electron chi connectivity index (χ4n) is 2.18. The maximum atomic E-state index is 11.9. The van der Waals surface area contributed by atoms with Gasteiger partial charge in [-0.05, 0) is 29.5 Å². The lowest BCUT2D eigenvalue weighted by atomic mass is 9.86. The highest BCUT2D eigenvalue weighted by molar-refractivity contribution is 5.97. The molecule has 1 amide bonds. The first kappa shape index (κ1) is 13.9. The molecule has 0 aliphatic carbocycles. The van der Waals surface area contributed by atoms with E-state index in [0.29, 0.717) is 30.9 Å². The summed E-state index contributed by atoms with van der Waals surface area (Å²) >= 11 is 0. The average molecular weight is 263 g/mol. The summed E-state index contributed by atoms with van der Waals surface area (Å²) in [6.07, 6.45) is 0.0789. The van der Waals surface area contributed by atoms with Crippen LogP contribution >= 0.6 is 0 Å². The Morgan fingerprint density at radius 3 is 2.84 bits per heavy atom. The molecule has 19 heavy (non-hydrogen) atoms. The summed E-state index contributed by atoms with van der Waals surface area (Å²) in [5.41, 5.74) is 1.29. The molecule has 0 radical (unpaired) electrons. The number of carbonyl (C=O) groups excluding carboxylic acids is 1. The van der Waals surface area contributed by atoms with Crippen LogP contribution in [0, 0.1) is 5.41 Å². The van der Waals surface area contributed by atoms with Crippen molar-refractivity contribution in [2.45, 2.75) is 33.3 Å². The van der Waals surface area contributed by atoms with Gasteiger partial charge in [-0.2, -0.15) is 0 Å². The fraction of sp³-hybridized carbons (Fsp3) is 0.533. The van der Waals surface area contributed by atoms with E-state index in [2.05, 4.69) is 26.1 Å². The zero-order valence-electron chi connectivity index (χ0n) is 11.7. The lowest BCUT2D eigenvalue weighted by Gasteiger charge is -2.23. The number of carbonyl (C=O) groups is 1. The minimum atomic E-state index is -0.568. The molecule has 1 aromatic rings. The van der Waals surface area contributed by atoms with Crippen LogP contribution in [0.15, 0.2) is 18.2 Å². The Balaban J connectivity index is 2.27. The molecule has 1 aromatic carbocycles. The predicted octanol–water partition coefficient (Wildman–Crippen LogP) is 2.28. The first-order valence-corrected chi connectivity index (χ1v) is 6.60. The van der Waals surface area contributed by atoms with Crippen molar-refractivity contribution in [1.82, 2.24) is 5.32 Å². The highest BCUT2D eigenvalue weighted by Crippen LogP contribution is 2.31. The SMILES string of the molecule is CC(C)(C)CC(O)c1ccc2c(c1)C(=O)NCCO2. The highest BCUT2D eigenvalue weighted by atomic mass is 16.5. The summed E-state index contributed by atoms with van der Waals surface area (Å²) in [5.74, 6) is 0.444. The summed E-state index contributed by atoms with van der Waals surface area (Å²) in [4.78, 5) is 11.9. The number of fused-ring (bicyclic) bond motifs is 1. The molecule has 2 rings (SSSR count). The second-order valence-electron chi connectivity index (χ2n) is 6.14. The topological polar surface area (TPSA) is 58.6 Å². The standard InChI is InChI=1S/C15H21NO3/c1-15(2,3)9-12(17)10-4-5-13-11(8-10)14(18)16-6-7-19-13/h4-5,8,12,17H,6-7,9H2,1-3H3,(H,16,18). The van der Waals surface area contributed by atoms with Crippen molar-refractivity contribution in [1.29, 1.82) is 0 Å². The quantitative estimate of drug-likeness (QED) is 0.860. The van der Waals surface area contributed by atoms with Gasteiger partial charge in [0, 0.05) is 0 Å². The molecule has 0 fully saturated rings. The van der Waals surface area contributed by atoms with E-state index in [1.807, 2.05) is 6.07 Å². The summed E-state index contributed by atoms with van der Waals surface area (Å²) in [6, 6.07) is 5.32. The fourth-order valence-corrected chi connectivity index (χ4v) is 2.18. The third-order valence-electron chi connectivity index (χ3n) is 3.08. The molecule has 1 aliphatic rings. The number of rotatable bonds is 2. The molecule has 1 atom stereocenters. The molecule has 1 heterocycles. The van der Waals surface area contributed by atoms with Gasteiger partial charge in [-0.3, -0.25) is 4.79 Å². The van der Waals surface area contributed by atoms with Crippen molar-refractivity contribution in [3.05, 3.63) is 29.3 Å². The average Bonchev–Trinajstić information content (AvgIpc) is 2.49. The summed E-state index contributed by atoms with van der Waals surface area (Å²) in [7, 11) is 0. The number of aliphatic hydroxyl groups excluding tert-OH is 1. The van der Waals surface area contributed by atoms with Crippen LogP contribution in [0.2, 0.25) is 0 Å². The van der Waals surface area contributed by atoms with Crippen LogP contribution in [-0.4, -0.2) is 24.2 Å². The molecule has 2 N–H and O–H groups in total. The molecule has 104 valence electrons. The van der Waals surface area contributed by atoms with Gasteiger partial charge in [0.2, 0.25) is 0 Å². The van der Waals surface area contributed by atoms with Crippen molar-refractivity contribution in [3.8, 4) is 5.75 Å². The Hall–Kier alpha value is -1.55. The molecule has 0 saturated heterocycles. The molecule has 0 bridgehead atoms. The largest absolute Gasteiger partial charge is 0.491 e. The molecular weight excluding hydrogens is 242 g/mol. The molecule has 1 aliphatic heterocycles. The monoisotopic (exact) mass is 263 g/mol. The molecule has 1 unspecified atom stereocenters. The van der Waals surface area contributed by atoms with Gasteiger partial charge in [0.1, 0.15) is 12.4 Å². The van der Waals surface area contributed by atoms with Crippen molar-refractivity contribution in [2.24, 2.45) is 5.41 Å². The van der Waals surface area contributed by atoms with Crippen LogP contribution < -0.4 is 10.1 Å². The van der Waals surface area contributed by atoms with Crippen molar-refractivity contribution >= 4 is 5.91 Å². The molecule has 0 aromatic heterocycles. The third kappa shape index (κ3) is 3.47. The predicted molar refractivity (Wildman–Crippen MR) is 73.3 cm³/mol. The number of hydrogen-bond donors (Lipinski definition) is 2. The van der Waals surface area contributed by atoms with Crippen molar-refractivity contribution in [3.63, 3.8) is 0 Å². The van der Waals surface area contributed by atoms with E-state index in [4.69, 9.17) is 4.74 Å². The van der Waals surface area contributed by atoms with Crippen molar-refractivity contribution in [2.75, 3.05) is 13.2 Å². The van der Waals surface area contributed by atoms with Crippen LogP contribution in [0.25, 0.3) is 0 Å². The molecular formula is C15H21NO3. The van der Waals surface area contributed by atoms with Gasteiger partial charge in [0.15, 0.2) is 0 Å². The summed E-state index contributed by atoms with van der Waals surface area (Å²) in [6.45, 7) is 7.22. The minimum Gasteiger partial charge on any atom is -0.491 e. The summed E-state index contributed by atoms with van der Waals surface area (Å²) < 4.78 is 5.49. The van der Waals surface area contributed by atoms with Crippen LogP contribution in [0.3, 0.4) is 0 Å². The third-order valence-corrected chi connectivity index (χ3v) is 3.08. The van der Waals surface area contributed by atoms with Gasteiger partial charge < -0.3 is 15.2 Å². The lowest BCUT2D eigenvalue weighted by Crippen LogP contribution is -2.24. The first-order valence-electron chi connectivity index (χ1n) is 6.60. The minimum absolute atomic E-state index is 0.0327. The second kappa shape index (κ2) is 5.21. The van der Waals surface area contributed by atoms with Crippen LogP contribution in [0.5, 0.6) is 5.75 Å². The van der Waals surface area contributed by atoms with Crippen molar-refractivity contribution < 1.29 is 14.6 Å². The van der Waals surface area contributed by atoms with E-state index in [9.17, 15) is 9.90 Å². The smallest absolute Gasteiger partial charge is 0.255 e. The van der Waals surface area contributed by atoms with E-state index in [-0.39, 0.29) is 11.3 Å². The second-order valence-corrected chi connectivity index (χ2v) is 6.14. The summed E-state index contributed by atoms with van der Waals surface area (Å²) in [5, 5.41) is 13.0. The van der Waals surface area contributed by atoms with E-state index >= 15 is 0 Å². The Morgan fingerprint density at radius 1 is 1.42 bits per heavy atom.